The monoisotopic (exact) mass is 428 g/mol. The number of carbonyl (C=O) groups excluding carboxylic acids is 2. The van der Waals surface area contributed by atoms with E-state index in [0.29, 0.717) is 32.0 Å². The van der Waals surface area contributed by atoms with Crippen LogP contribution in [-0.4, -0.2) is 49.1 Å². The number of methoxy groups -OCH3 is 1. The van der Waals surface area contributed by atoms with Crippen molar-refractivity contribution >= 4 is 12.1 Å². The standard InChI is InChI=1S/C24H32N2O5/c1-23(2,3)31-22(28)25-17-24(10-12-30-13-11-24)19-14-20(21(27)29-4)26(16-19)15-18-8-6-5-7-9-18/h5-9,14,16H,10-13,15,17H2,1-4H3,(H,25,28). The Kier molecular flexibility index (Phi) is 7.05. The molecular formula is C24H32N2O5. The lowest BCUT2D eigenvalue weighted by Gasteiger charge is -2.37. The number of aromatic nitrogens is 1. The highest BCUT2D eigenvalue weighted by Gasteiger charge is 2.37. The first-order valence-electron chi connectivity index (χ1n) is 10.6. The molecule has 1 aromatic carbocycles. The van der Waals surface area contributed by atoms with Crippen LogP contribution in [0.1, 0.15) is 55.2 Å². The third kappa shape index (κ3) is 5.88. The minimum absolute atomic E-state index is 0.347. The number of carbonyl (C=O) groups is 2. The van der Waals surface area contributed by atoms with Crippen LogP contribution in [0.2, 0.25) is 0 Å². The lowest BCUT2D eigenvalue weighted by atomic mass is 9.75. The van der Waals surface area contributed by atoms with Gasteiger partial charge in [0.2, 0.25) is 0 Å². The van der Waals surface area contributed by atoms with Crippen LogP contribution in [0.15, 0.2) is 42.6 Å². The maximum absolute atomic E-state index is 12.5. The summed E-state index contributed by atoms with van der Waals surface area (Å²) in [5, 5.41) is 2.93. The molecule has 31 heavy (non-hydrogen) atoms. The predicted molar refractivity (Wildman–Crippen MR) is 117 cm³/mol. The summed E-state index contributed by atoms with van der Waals surface area (Å²) < 4.78 is 18.0. The van der Waals surface area contributed by atoms with Crippen LogP contribution in [0.4, 0.5) is 4.79 Å². The number of hydrogen-bond donors (Lipinski definition) is 1. The van der Waals surface area contributed by atoms with Gasteiger partial charge in [-0.2, -0.15) is 0 Å². The van der Waals surface area contributed by atoms with Crippen LogP contribution in [0.3, 0.4) is 0 Å². The minimum Gasteiger partial charge on any atom is -0.464 e. The van der Waals surface area contributed by atoms with Crippen molar-refractivity contribution in [1.82, 2.24) is 9.88 Å². The van der Waals surface area contributed by atoms with E-state index in [4.69, 9.17) is 14.2 Å². The van der Waals surface area contributed by atoms with Crippen LogP contribution < -0.4 is 5.32 Å². The fourth-order valence-electron chi connectivity index (χ4n) is 3.87. The number of benzene rings is 1. The highest BCUT2D eigenvalue weighted by Crippen LogP contribution is 2.36. The minimum atomic E-state index is -0.565. The highest BCUT2D eigenvalue weighted by atomic mass is 16.6. The summed E-state index contributed by atoms with van der Waals surface area (Å²) in [6.07, 6.45) is 3.02. The van der Waals surface area contributed by atoms with Crippen molar-refractivity contribution in [2.75, 3.05) is 26.9 Å². The van der Waals surface area contributed by atoms with Gasteiger partial charge < -0.3 is 24.1 Å². The first-order chi connectivity index (χ1) is 14.7. The average Bonchev–Trinajstić information content (AvgIpc) is 3.16. The summed E-state index contributed by atoms with van der Waals surface area (Å²) in [4.78, 5) is 24.8. The number of nitrogens with one attached hydrogen (secondary N) is 1. The van der Waals surface area contributed by atoms with E-state index in [1.807, 2.05) is 67.9 Å². The van der Waals surface area contributed by atoms with E-state index in [0.717, 1.165) is 24.0 Å². The van der Waals surface area contributed by atoms with Gasteiger partial charge in [0.05, 0.1) is 7.11 Å². The van der Waals surface area contributed by atoms with E-state index in [1.165, 1.54) is 7.11 Å². The summed E-state index contributed by atoms with van der Waals surface area (Å²) in [6, 6.07) is 11.8. The number of amides is 1. The van der Waals surface area contributed by atoms with Crippen molar-refractivity contribution in [2.24, 2.45) is 0 Å². The summed E-state index contributed by atoms with van der Waals surface area (Å²) in [7, 11) is 1.39. The maximum atomic E-state index is 12.5. The predicted octanol–water partition coefficient (Wildman–Crippen LogP) is 3.90. The van der Waals surface area contributed by atoms with Gasteiger partial charge in [0, 0.05) is 37.9 Å². The number of rotatable bonds is 6. The third-order valence-electron chi connectivity index (χ3n) is 5.52. The van der Waals surface area contributed by atoms with Crippen molar-refractivity contribution in [2.45, 2.75) is 51.2 Å². The molecule has 2 aromatic rings. The van der Waals surface area contributed by atoms with Crippen molar-refractivity contribution in [3.63, 3.8) is 0 Å². The van der Waals surface area contributed by atoms with Crippen LogP contribution in [0.25, 0.3) is 0 Å². The van der Waals surface area contributed by atoms with Crippen LogP contribution in [0.5, 0.6) is 0 Å². The Morgan fingerprint density at radius 3 is 2.45 bits per heavy atom. The van der Waals surface area contributed by atoms with E-state index < -0.39 is 11.7 Å². The first kappa shape index (κ1) is 22.9. The van der Waals surface area contributed by atoms with Crippen LogP contribution in [0, 0.1) is 0 Å². The summed E-state index contributed by atoms with van der Waals surface area (Å²) in [5.41, 5.74) is 1.65. The molecule has 1 fully saturated rings. The Balaban J connectivity index is 1.89. The maximum Gasteiger partial charge on any atom is 0.407 e. The topological polar surface area (TPSA) is 78.8 Å². The van der Waals surface area contributed by atoms with E-state index >= 15 is 0 Å². The summed E-state index contributed by atoms with van der Waals surface area (Å²) in [6.45, 7) is 7.65. The molecule has 0 aliphatic carbocycles. The van der Waals surface area contributed by atoms with Gasteiger partial charge in [-0.1, -0.05) is 30.3 Å². The smallest absolute Gasteiger partial charge is 0.407 e. The zero-order valence-corrected chi connectivity index (χ0v) is 18.8. The Hall–Kier alpha value is -2.80. The molecular weight excluding hydrogens is 396 g/mol. The van der Waals surface area contributed by atoms with Gasteiger partial charge in [-0.05, 0) is 50.8 Å². The molecule has 7 nitrogen and oxygen atoms in total. The molecule has 1 aliphatic rings. The van der Waals surface area contributed by atoms with Gasteiger partial charge in [-0.25, -0.2) is 9.59 Å². The van der Waals surface area contributed by atoms with E-state index in [-0.39, 0.29) is 11.4 Å². The second-order valence-corrected chi connectivity index (χ2v) is 8.97. The number of hydrogen-bond acceptors (Lipinski definition) is 5. The van der Waals surface area contributed by atoms with Crippen molar-refractivity contribution in [3.8, 4) is 0 Å². The van der Waals surface area contributed by atoms with Gasteiger partial charge in [0.1, 0.15) is 11.3 Å². The molecule has 0 spiro atoms. The fraction of sp³-hybridized carbons (Fsp3) is 0.500. The average molecular weight is 429 g/mol. The lowest BCUT2D eigenvalue weighted by Crippen LogP contribution is -2.45. The zero-order chi connectivity index (χ0) is 22.5. The molecule has 2 heterocycles. The zero-order valence-electron chi connectivity index (χ0n) is 18.8. The normalized spacial score (nSPS) is 15.9. The van der Waals surface area contributed by atoms with Crippen LogP contribution >= 0.6 is 0 Å². The second-order valence-electron chi connectivity index (χ2n) is 8.97. The molecule has 0 bridgehead atoms. The van der Waals surface area contributed by atoms with Crippen molar-refractivity contribution in [1.29, 1.82) is 0 Å². The molecule has 1 N–H and O–H groups in total. The van der Waals surface area contributed by atoms with Crippen molar-refractivity contribution in [3.05, 3.63) is 59.4 Å². The van der Waals surface area contributed by atoms with E-state index in [1.54, 1.807) is 0 Å². The van der Waals surface area contributed by atoms with Gasteiger partial charge in [-0.3, -0.25) is 0 Å². The molecule has 0 saturated carbocycles. The molecule has 3 rings (SSSR count). The molecule has 7 heteroatoms. The Morgan fingerprint density at radius 2 is 1.84 bits per heavy atom. The lowest BCUT2D eigenvalue weighted by molar-refractivity contribution is 0.0372. The number of alkyl carbamates (subject to hydrolysis) is 1. The fourth-order valence-corrected chi connectivity index (χ4v) is 3.87. The Morgan fingerprint density at radius 1 is 1.16 bits per heavy atom. The van der Waals surface area contributed by atoms with Gasteiger partial charge >= 0.3 is 12.1 Å². The molecule has 1 amide bonds. The number of ether oxygens (including phenoxy) is 3. The molecule has 0 unspecified atom stereocenters. The highest BCUT2D eigenvalue weighted by molar-refractivity contribution is 5.88. The quantitative estimate of drug-likeness (QED) is 0.706. The molecule has 1 saturated heterocycles. The third-order valence-corrected chi connectivity index (χ3v) is 5.52. The van der Waals surface area contributed by atoms with E-state index in [2.05, 4.69) is 5.32 Å². The molecule has 168 valence electrons. The van der Waals surface area contributed by atoms with Gasteiger partial charge in [0.25, 0.3) is 0 Å². The molecule has 0 radical (unpaired) electrons. The van der Waals surface area contributed by atoms with Crippen molar-refractivity contribution < 1.29 is 23.8 Å². The van der Waals surface area contributed by atoms with Gasteiger partial charge in [-0.15, -0.1) is 0 Å². The van der Waals surface area contributed by atoms with E-state index in [9.17, 15) is 9.59 Å². The Bertz CT molecular complexity index is 892. The Labute approximate surface area is 183 Å². The molecule has 1 aromatic heterocycles. The number of nitrogens with zero attached hydrogens (tertiary/aromatic N) is 1. The number of esters is 1. The second kappa shape index (κ2) is 9.56. The summed E-state index contributed by atoms with van der Waals surface area (Å²) in [5.74, 6) is -0.385. The molecule has 1 aliphatic heterocycles. The van der Waals surface area contributed by atoms with Crippen LogP contribution in [-0.2, 0) is 26.2 Å². The largest absolute Gasteiger partial charge is 0.464 e. The summed E-state index contributed by atoms with van der Waals surface area (Å²) >= 11 is 0. The molecule has 0 atom stereocenters. The SMILES string of the molecule is COC(=O)c1cc(C2(CNC(=O)OC(C)(C)C)CCOCC2)cn1Cc1ccccc1. The van der Waals surface area contributed by atoms with Gasteiger partial charge in [0.15, 0.2) is 0 Å². The first-order valence-corrected chi connectivity index (χ1v) is 10.6.